The molecule has 2 aromatic rings. The molecule has 0 spiro atoms. The van der Waals surface area contributed by atoms with Gasteiger partial charge in [-0.15, -0.1) is 0 Å². The Morgan fingerprint density at radius 2 is 0.967 bits per heavy atom. The number of hydrogen-bond donors (Lipinski definition) is 4. The molecule has 4 N–H and O–H groups in total. The number of anilines is 2. The van der Waals surface area contributed by atoms with Gasteiger partial charge in [0.25, 0.3) is 0 Å². The van der Waals surface area contributed by atoms with E-state index >= 15 is 0 Å². The zero-order valence-corrected chi connectivity index (χ0v) is 17.1. The molecule has 0 saturated heterocycles. The number of carboxylic acids is 2. The molecule has 0 aliphatic heterocycles. The van der Waals surface area contributed by atoms with Crippen LogP contribution in [0.2, 0.25) is 0 Å². The fraction of sp³-hybridized carbons (Fsp3) is 0.286. The van der Waals surface area contributed by atoms with E-state index in [9.17, 15) is 14.4 Å². The van der Waals surface area contributed by atoms with Gasteiger partial charge in [-0.2, -0.15) is 0 Å². The van der Waals surface area contributed by atoms with Crippen LogP contribution in [0.15, 0.2) is 48.5 Å². The van der Waals surface area contributed by atoms with Crippen molar-refractivity contribution in [1.29, 1.82) is 0 Å². The first-order valence-electron chi connectivity index (χ1n) is 9.02. The van der Waals surface area contributed by atoms with Crippen LogP contribution in [0, 0.1) is 0 Å². The SMILES string of the molecule is CC(C)(Oc1ccc(NC(=O)Nc2ccc(OC(C)(C)C(=O)O)cc2)cc1)C(=O)O. The Morgan fingerprint density at radius 1 is 0.667 bits per heavy atom. The van der Waals surface area contributed by atoms with Crippen molar-refractivity contribution in [2.75, 3.05) is 10.6 Å². The minimum atomic E-state index is -1.37. The summed E-state index contributed by atoms with van der Waals surface area (Å²) in [6.45, 7) is 5.75. The monoisotopic (exact) mass is 416 g/mol. The fourth-order valence-electron chi connectivity index (χ4n) is 2.18. The molecule has 2 rings (SSSR count). The lowest BCUT2D eigenvalue weighted by molar-refractivity contribution is -0.152. The van der Waals surface area contributed by atoms with Crippen molar-refractivity contribution in [2.45, 2.75) is 38.9 Å². The molecule has 9 heteroatoms. The average molecular weight is 416 g/mol. The minimum absolute atomic E-state index is 0.355. The molecule has 2 amide bonds. The average Bonchev–Trinajstić information content (AvgIpc) is 2.64. The van der Waals surface area contributed by atoms with E-state index in [0.717, 1.165) is 0 Å². The molecule has 0 aromatic heterocycles. The first kappa shape index (κ1) is 22.5. The van der Waals surface area contributed by atoms with Crippen molar-refractivity contribution in [1.82, 2.24) is 0 Å². The van der Waals surface area contributed by atoms with Crippen LogP contribution in [0.5, 0.6) is 11.5 Å². The normalized spacial score (nSPS) is 11.3. The summed E-state index contributed by atoms with van der Waals surface area (Å²) in [5.74, 6) is -1.47. The first-order chi connectivity index (χ1) is 13.9. The first-order valence-corrected chi connectivity index (χ1v) is 9.02. The molecule has 160 valence electrons. The quantitative estimate of drug-likeness (QED) is 0.514. The molecule has 0 saturated carbocycles. The van der Waals surface area contributed by atoms with Gasteiger partial charge < -0.3 is 30.3 Å². The highest BCUT2D eigenvalue weighted by molar-refractivity contribution is 5.99. The molecule has 2 aromatic carbocycles. The molecular formula is C21H24N2O7. The maximum Gasteiger partial charge on any atom is 0.347 e. The van der Waals surface area contributed by atoms with E-state index in [0.29, 0.717) is 22.9 Å². The fourth-order valence-corrected chi connectivity index (χ4v) is 2.18. The van der Waals surface area contributed by atoms with Crippen LogP contribution in [0.4, 0.5) is 16.2 Å². The van der Waals surface area contributed by atoms with Gasteiger partial charge in [0.1, 0.15) is 11.5 Å². The summed E-state index contributed by atoms with van der Waals surface area (Å²) in [6, 6.07) is 12.0. The second-order valence-corrected chi connectivity index (χ2v) is 7.46. The Balaban J connectivity index is 1.93. The number of rotatable bonds is 8. The smallest absolute Gasteiger partial charge is 0.347 e. The Labute approximate surface area is 173 Å². The molecule has 30 heavy (non-hydrogen) atoms. The number of ether oxygens (including phenoxy) is 2. The van der Waals surface area contributed by atoms with E-state index in [1.165, 1.54) is 27.7 Å². The van der Waals surface area contributed by atoms with Crippen molar-refractivity contribution in [2.24, 2.45) is 0 Å². The van der Waals surface area contributed by atoms with E-state index in [1.54, 1.807) is 48.5 Å². The highest BCUT2D eigenvalue weighted by Crippen LogP contribution is 2.23. The van der Waals surface area contributed by atoms with Gasteiger partial charge in [0, 0.05) is 11.4 Å². The van der Waals surface area contributed by atoms with Crippen molar-refractivity contribution < 1.29 is 34.1 Å². The van der Waals surface area contributed by atoms with E-state index in [1.807, 2.05) is 0 Å². The molecule has 0 heterocycles. The van der Waals surface area contributed by atoms with Crippen LogP contribution in [0.25, 0.3) is 0 Å². The molecular weight excluding hydrogens is 392 g/mol. The number of carbonyl (C=O) groups excluding carboxylic acids is 1. The topological polar surface area (TPSA) is 134 Å². The number of benzene rings is 2. The summed E-state index contributed by atoms with van der Waals surface area (Å²) in [5.41, 5.74) is -1.78. The van der Waals surface area contributed by atoms with E-state index in [2.05, 4.69) is 10.6 Å². The Morgan fingerprint density at radius 3 is 1.23 bits per heavy atom. The summed E-state index contributed by atoms with van der Waals surface area (Å²) < 4.78 is 10.8. The molecule has 0 aliphatic rings. The second kappa shape index (κ2) is 8.73. The third kappa shape index (κ3) is 6.13. The Kier molecular flexibility index (Phi) is 6.56. The van der Waals surface area contributed by atoms with Crippen molar-refractivity contribution in [3.8, 4) is 11.5 Å². The maximum atomic E-state index is 12.1. The highest BCUT2D eigenvalue weighted by Gasteiger charge is 2.30. The van der Waals surface area contributed by atoms with Gasteiger partial charge in [0.15, 0.2) is 11.2 Å². The van der Waals surface area contributed by atoms with Crippen LogP contribution >= 0.6 is 0 Å². The maximum absolute atomic E-state index is 12.1. The standard InChI is InChI=1S/C21H24N2O7/c1-20(2,17(24)25)29-15-9-5-13(6-10-15)22-19(28)23-14-7-11-16(12-8-14)30-21(3,4)18(26)27/h5-12H,1-4H3,(H,24,25)(H,26,27)(H2,22,23,28). The highest BCUT2D eigenvalue weighted by atomic mass is 16.5. The van der Waals surface area contributed by atoms with Gasteiger partial charge in [0.05, 0.1) is 0 Å². The summed E-state index contributed by atoms with van der Waals surface area (Å²) in [7, 11) is 0. The van der Waals surface area contributed by atoms with E-state index in [4.69, 9.17) is 19.7 Å². The molecule has 0 bridgehead atoms. The number of nitrogens with one attached hydrogen (secondary N) is 2. The summed E-state index contributed by atoms with van der Waals surface area (Å²) in [4.78, 5) is 34.4. The number of aliphatic carboxylic acids is 2. The van der Waals surface area contributed by atoms with E-state index < -0.39 is 29.2 Å². The van der Waals surface area contributed by atoms with Gasteiger partial charge in [-0.25, -0.2) is 14.4 Å². The van der Waals surface area contributed by atoms with Crippen molar-refractivity contribution in [3.05, 3.63) is 48.5 Å². The third-order valence-corrected chi connectivity index (χ3v) is 4.00. The predicted octanol–water partition coefficient (Wildman–Crippen LogP) is 3.81. The summed E-state index contributed by atoms with van der Waals surface area (Å²) in [6.07, 6.45) is 0. The molecule has 0 radical (unpaired) electrons. The van der Waals surface area contributed by atoms with Gasteiger partial charge in [-0.05, 0) is 76.2 Å². The molecule has 0 fully saturated rings. The zero-order valence-electron chi connectivity index (χ0n) is 17.1. The second-order valence-electron chi connectivity index (χ2n) is 7.46. The van der Waals surface area contributed by atoms with Crippen molar-refractivity contribution >= 4 is 29.3 Å². The van der Waals surface area contributed by atoms with Gasteiger partial charge >= 0.3 is 18.0 Å². The molecule has 0 atom stereocenters. The number of carboxylic acid groups (broad SMARTS) is 2. The lowest BCUT2D eigenvalue weighted by Gasteiger charge is -2.21. The summed E-state index contributed by atoms with van der Waals surface area (Å²) in [5, 5.41) is 23.5. The van der Waals surface area contributed by atoms with Crippen LogP contribution in [-0.2, 0) is 9.59 Å². The zero-order chi connectivity index (χ0) is 22.5. The van der Waals surface area contributed by atoms with Gasteiger partial charge in [0.2, 0.25) is 0 Å². The number of urea groups is 1. The van der Waals surface area contributed by atoms with Gasteiger partial charge in [-0.3, -0.25) is 0 Å². The van der Waals surface area contributed by atoms with Crippen LogP contribution in [0.1, 0.15) is 27.7 Å². The van der Waals surface area contributed by atoms with Crippen molar-refractivity contribution in [3.63, 3.8) is 0 Å². The van der Waals surface area contributed by atoms with Crippen LogP contribution in [0.3, 0.4) is 0 Å². The lowest BCUT2D eigenvalue weighted by atomic mass is 10.1. The number of hydrogen-bond acceptors (Lipinski definition) is 5. The van der Waals surface area contributed by atoms with Crippen LogP contribution in [-0.4, -0.2) is 39.4 Å². The molecule has 9 nitrogen and oxygen atoms in total. The summed E-state index contributed by atoms with van der Waals surface area (Å²) >= 11 is 0. The van der Waals surface area contributed by atoms with E-state index in [-0.39, 0.29) is 0 Å². The lowest BCUT2D eigenvalue weighted by Crippen LogP contribution is -2.37. The van der Waals surface area contributed by atoms with Crippen LogP contribution < -0.4 is 20.1 Å². The number of amides is 2. The predicted molar refractivity (Wildman–Crippen MR) is 110 cm³/mol. The minimum Gasteiger partial charge on any atom is -0.478 e. The largest absolute Gasteiger partial charge is 0.478 e. The number of carbonyl (C=O) groups is 3. The Bertz CT molecular complexity index is 844. The Hall–Kier alpha value is -3.75. The molecule has 0 unspecified atom stereocenters. The molecule has 0 aliphatic carbocycles. The van der Waals surface area contributed by atoms with Gasteiger partial charge in [-0.1, -0.05) is 0 Å². The third-order valence-electron chi connectivity index (χ3n) is 4.00.